The van der Waals surface area contributed by atoms with E-state index < -0.39 is 17.7 Å². The van der Waals surface area contributed by atoms with Crippen LogP contribution in [0.1, 0.15) is 39.5 Å². The summed E-state index contributed by atoms with van der Waals surface area (Å²) in [7, 11) is 0. The normalized spacial score (nSPS) is 18.0. The largest absolute Gasteiger partial charge is 0.503 e. The fraction of sp³-hybridized carbons (Fsp3) is 0.323. The molecule has 8 heteroatoms. The van der Waals surface area contributed by atoms with Crippen LogP contribution in [0.15, 0.2) is 84.4 Å². The van der Waals surface area contributed by atoms with E-state index in [1.165, 1.54) is 0 Å². The molecule has 0 radical (unpaired) electrons. The Bertz CT molecular complexity index is 1330. The Labute approximate surface area is 228 Å². The molecule has 5 rings (SSSR count). The van der Waals surface area contributed by atoms with Gasteiger partial charge in [-0.3, -0.25) is 19.5 Å². The summed E-state index contributed by atoms with van der Waals surface area (Å²) in [6, 6.07) is 17.8. The lowest BCUT2D eigenvalue weighted by atomic mass is 9.93. The van der Waals surface area contributed by atoms with Crippen molar-refractivity contribution in [3.8, 4) is 5.75 Å². The number of aliphatic hydroxyl groups is 1. The number of amides is 1. The predicted molar refractivity (Wildman–Crippen MR) is 147 cm³/mol. The van der Waals surface area contributed by atoms with E-state index in [1.807, 2.05) is 25.1 Å². The van der Waals surface area contributed by atoms with Crippen molar-refractivity contribution < 1.29 is 24.2 Å². The number of benzene rings is 2. The number of Topliss-reactive ketones (excluding diaryl/α,β-unsaturated/α-hetero) is 1. The van der Waals surface area contributed by atoms with Crippen molar-refractivity contribution >= 4 is 11.7 Å². The summed E-state index contributed by atoms with van der Waals surface area (Å²) in [5.41, 5.74) is 3.42. The van der Waals surface area contributed by atoms with E-state index >= 15 is 0 Å². The number of aliphatic hydroxyl groups excluding tert-OH is 1. The van der Waals surface area contributed by atoms with Crippen LogP contribution in [0.3, 0.4) is 0 Å². The van der Waals surface area contributed by atoms with E-state index in [1.54, 1.807) is 53.7 Å². The zero-order valence-electron chi connectivity index (χ0n) is 22.1. The van der Waals surface area contributed by atoms with Crippen LogP contribution >= 0.6 is 0 Å². The Kier molecular flexibility index (Phi) is 8.34. The molecular weight excluding hydrogens is 494 g/mol. The molecule has 1 atom stereocenters. The summed E-state index contributed by atoms with van der Waals surface area (Å²) in [6.45, 7) is 6.81. The predicted octanol–water partition coefficient (Wildman–Crippen LogP) is 4.27. The minimum atomic E-state index is -0.685. The number of ketones is 1. The highest BCUT2D eigenvalue weighted by atomic mass is 16.5. The Morgan fingerprint density at radius 1 is 1.05 bits per heavy atom. The van der Waals surface area contributed by atoms with Gasteiger partial charge in [0, 0.05) is 44.1 Å². The van der Waals surface area contributed by atoms with Crippen LogP contribution in [-0.4, -0.2) is 71.0 Å². The first-order valence-electron chi connectivity index (χ1n) is 13.3. The molecule has 2 aliphatic heterocycles. The summed E-state index contributed by atoms with van der Waals surface area (Å²) in [5, 5.41) is 10.9. The fourth-order valence-electron chi connectivity index (χ4n) is 5.12. The summed E-state index contributed by atoms with van der Waals surface area (Å²) in [5.74, 6) is -0.777. The second-order valence-electron chi connectivity index (χ2n) is 9.88. The Morgan fingerprint density at radius 2 is 1.79 bits per heavy atom. The van der Waals surface area contributed by atoms with Crippen molar-refractivity contribution in [2.45, 2.75) is 26.0 Å². The first-order chi connectivity index (χ1) is 19.0. The summed E-state index contributed by atoms with van der Waals surface area (Å²) < 4.78 is 11.3. The minimum absolute atomic E-state index is 0.0889. The van der Waals surface area contributed by atoms with Gasteiger partial charge in [0.1, 0.15) is 12.4 Å². The van der Waals surface area contributed by atoms with Crippen LogP contribution in [0, 0.1) is 6.92 Å². The quantitative estimate of drug-likeness (QED) is 0.394. The third-order valence-electron chi connectivity index (χ3n) is 7.15. The monoisotopic (exact) mass is 527 g/mol. The van der Waals surface area contributed by atoms with E-state index in [4.69, 9.17) is 9.47 Å². The topological polar surface area (TPSA) is 92.2 Å². The molecule has 2 aromatic carbocycles. The molecule has 0 aliphatic carbocycles. The maximum absolute atomic E-state index is 13.7. The highest BCUT2D eigenvalue weighted by Crippen LogP contribution is 2.39. The number of carbonyl (C=O) groups excluding carboxylic acids is 2. The lowest BCUT2D eigenvalue weighted by Crippen LogP contribution is -2.39. The number of nitrogens with zero attached hydrogens (tertiary/aromatic N) is 3. The van der Waals surface area contributed by atoms with E-state index in [0.717, 1.165) is 42.7 Å². The molecule has 39 heavy (non-hydrogen) atoms. The Hall–Kier alpha value is -4.01. The van der Waals surface area contributed by atoms with Gasteiger partial charge in [-0.1, -0.05) is 29.8 Å². The van der Waals surface area contributed by atoms with Crippen LogP contribution in [0.25, 0.3) is 0 Å². The lowest BCUT2D eigenvalue weighted by Gasteiger charge is -2.30. The average Bonchev–Trinajstić information content (AvgIpc) is 3.22. The van der Waals surface area contributed by atoms with Crippen LogP contribution < -0.4 is 4.74 Å². The Balaban J connectivity index is 1.32. The van der Waals surface area contributed by atoms with Crippen LogP contribution in [-0.2, 0) is 16.1 Å². The number of morpholine rings is 1. The van der Waals surface area contributed by atoms with Crippen LogP contribution in [0.4, 0.5) is 0 Å². The third kappa shape index (κ3) is 6.19. The molecule has 1 unspecified atom stereocenters. The SMILES string of the molecule is Cc1cccc(COc2ccc(C(=O)C3=C(O)C(=O)N(CCCN4CCOCC4)C3c3ccncc3)cc2)c1. The molecule has 1 fully saturated rings. The Morgan fingerprint density at radius 3 is 2.51 bits per heavy atom. The molecule has 0 spiro atoms. The van der Waals surface area contributed by atoms with Gasteiger partial charge in [0.15, 0.2) is 11.5 Å². The molecule has 1 N–H and O–H groups in total. The van der Waals surface area contributed by atoms with Gasteiger partial charge in [-0.25, -0.2) is 0 Å². The second kappa shape index (κ2) is 12.2. The van der Waals surface area contributed by atoms with Crippen LogP contribution in [0.5, 0.6) is 5.75 Å². The van der Waals surface area contributed by atoms with Crippen molar-refractivity contribution in [1.82, 2.24) is 14.8 Å². The molecule has 3 heterocycles. The van der Waals surface area contributed by atoms with E-state index in [9.17, 15) is 14.7 Å². The zero-order valence-corrected chi connectivity index (χ0v) is 22.1. The van der Waals surface area contributed by atoms with Gasteiger partial charge in [0.05, 0.1) is 24.8 Å². The van der Waals surface area contributed by atoms with Gasteiger partial charge in [-0.15, -0.1) is 0 Å². The molecule has 3 aromatic rings. The van der Waals surface area contributed by atoms with Crippen molar-refractivity contribution in [3.63, 3.8) is 0 Å². The molecule has 8 nitrogen and oxygen atoms in total. The molecule has 1 amide bonds. The molecular formula is C31H33N3O5. The highest BCUT2D eigenvalue weighted by molar-refractivity contribution is 6.16. The maximum atomic E-state index is 13.7. The van der Waals surface area contributed by atoms with Gasteiger partial charge in [0.2, 0.25) is 0 Å². The summed E-state index contributed by atoms with van der Waals surface area (Å²) >= 11 is 0. The number of pyridine rings is 1. The standard InChI is InChI=1S/C31H33N3O5/c1-22-4-2-5-23(20-22)21-39-26-8-6-25(7-9-26)29(35)27-28(24-10-12-32-13-11-24)34(31(37)30(27)36)15-3-14-33-16-18-38-19-17-33/h2,4-13,20,28,36H,3,14-19,21H2,1H3. The van der Waals surface area contributed by atoms with Crippen LogP contribution in [0.2, 0.25) is 0 Å². The zero-order chi connectivity index (χ0) is 27.2. The molecule has 0 saturated carbocycles. The smallest absolute Gasteiger partial charge is 0.290 e. The van der Waals surface area contributed by atoms with Crippen molar-refractivity contribution in [2.75, 3.05) is 39.4 Å². The first-order valence-corrected chi connectivity index (χ1v) is 13.3. The number of aryl methyl sites for hydroxylation is 1. The minimum Gasteiger partial charge on any atom is -0.503 e. The van der Waals surface area contributed by atoms with Crippen molar-refractivity contribution in [3.05, 3.63) is 107 Å². The number of ether oxygens (including phenoxy) is 2. The molecule has 1 aromatic heterocycles. The van der Waals surface area contributed by atoms with Gasteiger partial charge in [-0.2, -0.15) is 0 Å². The number of carbonyl (C=O) groups is 2. The van der Waals surface area contributed by atoms with Gasteiger partial charge < -0.3 is 19.5 Å². The molecule has 2 aliphatic rings. The first kappa shape index (κ1) is 26.6. The summed E-state index contributed by atoms with van der Waals surface area (Å²) in [4.78, 5) is 34.9. The number of aromatic nitrogens is 1. The van der Waals surface area contributed by atoms with Gasteiger partial charge in [0.25, 0.3) is 5.91 Å². The van der Waals surface area contributed by atoms with E-state index in [2.05, 4.69) is 16.0 Å². The van der Waals surface area contributed by atoms with Gasteiger partial charge in [-0.05, 0) is 60.9 Å². The van der Waals surface area contributed by atoms with Crippen molar-refractivity contribution in [2.24, 2.45) is 0 Å². The van der Waals surface area contributed by atoms with E-state index in [0.29, 0.717) is 37.7 Å². The third-order valence-corrected chi connectivity index (χ3v) is 7.15. The van der Waals surface area contributed by atoms with E-state index in [-0.39, 0.29) is 11.4 Å². The molecule has 1 saturated heterocycles. The lowest BCUT2D eigenvalue weighted by molar-refractivity contribution is -0.129. The average molecular weight is 528 g/mol. The number of rotatable bonds is 10. The fourth-order valence-corrected chi connectivity index (χ4v) is 5.12. The second-order valence-corrected chi connectivity index (χ2v) is 9.88. The highest BCUT2D eigenvalue weighted by Gasteiger charge is 2.43. The maximum Gasteiger partial charge on any atom is 0.290 e. The molecule has 0 bridgehead atoms. The molecule has 202 valence electrons. The summed E-state index contributed by atoms with van der Waals surface area (Å²) in [6.07, 6.45) is 3.97. The van der Waals surface area contributed by atoms with Crippen molar-refractivity contribution in [1.29, 1.82) is 0 Å². The van der Waals surface area contributed by atoms with Gasteiger partial charge >= 0.3 is 0 Å². The number of hydrogen-bond acceptors (Lipinski definition) is 7. The number of hydrogen-bond donors (Lipinski definition) is 1.